The van der Waals surface area contributed by atoms with Crippen molar-refractivity contribution in [2.45, 2.75) is 57.9 Å². The summed E-state index contributed by atoms with van der Waals surface area (Å²) in [7, 11) is 1.96. The summed E-state index contributed by atoms with van der Waals surface area (Å²) in [5, 5.41) is 3.58. The zero-order valence-electron chi connectivity index (χ0n) is 12.0. The lowest BCUT2D eigenvalue weighted by Crippen LogP contribution is -2.27. The van der Waals surface area contributed by atoms with Crippen molar-refractivity contribution in [3.63, 3.8) is 0 Å². The molecule has 1 atom stereocenters. The minimum atomic E-state index is -0.322. The van der Waals surface area contributed by atoms with Crippen LogP contribution in [-0.4, -0.2) is 13.1 Å². The SMILES string of the molecule is CCCCCCCC(Cc1cccc(F)c1Cl)NC. The molecule has 0 saturated carbocycles. The van der Waals surface area contributed by atoms with Gasteiger partial charge in [0.25, 0.3) is 0 Å². The van der Waals surface area contributed by atoms with E-state index in [1.165, 1.54) is 38.2 Å². The van der Waals surface area contributed by atoms with Crippen molar-refractivity contribution in [3.05, 3.63) is 34.6 Å². The Morgan fingerprint density at radius 1 is 1.21 bits per heavy atom. The Balaban J connectivity index is 2.41. The summed E-state index contributed by atoms with van der Waals surface area (Å²) >= 11 is 5.99. The normalized spacial score (nSPS) is 12.6. The molecule has 0 spiro atoms. The maximum Gasteiger partial charge on any atom is 0.142 e. The molecule has 1 aromatic carbocycles. The van der Waals surface area contributed by atoms with Crippen molar-refractivity contribution in [3.8, 4) is 0 Å². The van der Waals surface area contributed by atoms with Gasteiger partial charge in [0, 0.05) is 6.04 Å². The molecule has 1 rings (SSSR count). The molecule has 1 unspecified atom stereocenters. The van der Waals surface area contributed by atoms with Crippen molar-refractivity contribution < 1.29 is 4.39 Å². The Morgan fingerprint density at radius 2 is 1.95 bits per heavy atom. The molecule has 0 fully saturated rings. The van der Waals surface area contributed by atoms with Crippen LogP contribution < -0.4 is 5.32 Å². The van der Waals surface area contributed by atoms with Gasteiger partial charge in [-0.15, -0.1) is 0 Å². The number of hydrogen-bond donors (Lipinski definition) is 1. The van der Waals surface area contributed by atoms with Crippen LogP contribution >= 0.6 is 11.6 Å². The van der Waals surface area contributed by atoms with Gasteiger partial charge in [-0.05, 0) is 31.5 Å². The molecule has 0 saturated heterocycles. The molecule has 0 aliphatic heterocycles. The van der Waals surface area contributed by atoms with Crippen molar-refractivity contribution in [2.24, 2.45) is 0 Å². The molecule has 0 heterocycles. The van der Waals surface area contributed by atoms with E-state index in [0.29, 0.717) is 6.04 Å². The third-order valence-corrected chi connectivity index (χ3v) is 3.99. The predicted molar refractivity (Wildman–Crippen MR) is 81.3 cm³/mol. The second-order valence-electron chi connectivity index (χ2n) is 5.11. The lowest BCUT2D eigenvalue weighted by molar-refractivity contribution is 0.481. The van der Waals surface area contributed by atoms with Crippen LogP contribution in [0.1, 0.15) is 51.0 Å². The van der Waals surface area contributed by atoms with Crippen LogP contribution in [0.2, 0.25) is 5.02 Å². The molecule has 0 aliphatic rings. The maximum atomic E-state index is 13.4. The van der Waals surface area contributed by atoms with E-state index in [2.05, 4.69) is 12.2 Å². The highest BCUT2D eigenvalue weighted by Gasteiger charge is 2.11. The van der Waals surface area contributed by atoms with Gasteiger partial charge in [-0.1, -0.05) is 62.8 Å². The molecular formula is C16H25ClFN. The molecule has 0 bridgehead atoms. The van der Waals surface area contributed by atoms with Crippen LogP contribution in [0, 0.1) is 5.82 Å². The number of likely N-dealkylation sites (N-methyl/N-ethyl adjacent to an activating group) is 1. The number of nitrogens with one attached hydrogen (secondary N) is 1. The van der Waals surface area contributed by atoms with E-state index in [-0.39, 0.29) is 10.8 Å². The van der Waals surface area contributed by atoms with E-state index in [1.807, 2.05) is 13.1 Å². The second-order valence-corrected chi connectivity index (χ2v) is 5.48. The highest BCUT2D eigenvalue weighted by atomic mass is 35.5. The van der Waals surface area contributed by atoms with Crippen LogP contribution in [0.25, 0.3) is 0 Å². The average Bonchev–Trinajstić information content (AvgIpc) is 2.42. The zero-order chi connectivity index (χ0) is 14.1. The molecule has 0 radical (unpaired) electrons. The van der Waals surface area contributed by atoms with Crippen LogP contribution in [0.3, 0.4) is 0 Å². The van der Waals surface area contributed by atoms with E-state index >= 15 is 0 Å². The maximum absolute atomic E-state index is 13.4. The molecule has 0 aliphatic carbocycles. The molecule has 1 nitrogen and oxygen atoms in total. The summed E-state index contributed by atoms with van der Waals surface area (Å²) in [5.41, 5.74) is 0.898. The summed E-state index contributed by atoms with van der Waals surface area (Å²) in [5.74, 6) is -0.322. The first-order valence-electron chi connectivity index (χ1n) is 7.29. The van der Waals surface area contributed by atoms with E-state index in [4.69, 9.17) is 11.6 Å². The molecule has 0 aromatic heterocycles. The quantitative estimate of drug-likeness (QED) is 0.632. The summed E-state index contributed by atoms with van der Waals surface area (Å²) in [6.07, 6.45) is 8.32. The molecule has 3 heteroatoms. The molecule has 0 amide bonds. The van der Waals surface area contributed by atoms with Gasteiger partial charge in [0.1, 0.15) is 5.82 Å². The van der Waals surface area contributed by atoms with E-state index < -0.39 is 0 Å². The van der Waals surface area contributed by atoms with Crippen molar-refractivity contribution in [1.82, 2.24) is 5.32 Å². The minimum absolute atomic E-state index is 0.272. The van der Waals surface area contributed by atoms with Gasteiger partial charge >= 0.3 is 0 Å². The molecule has 108 valence electrons. The summed E-state index contributed by atoms with van der Waals surface area (Å²) in [6, 6.07) is 5.42. The van der Waals surface area contributed by atoms with Gasteiger partial charge in [-0.25, -0.2) is 4.39 Å². The van der Waals surface area contributed by atoms with Crippen molar-refractivity contribution in [1.29, 1.82) is 0 Å². The number of hydrogen-bond acceptors (Lipinski definition) is 1. The number of benzene rings is 1. The fourth-order valence-electron chi connectivity index (χ4n) is 2.31. The third kappa shape index (κ3) is 5.92. The number of halogens is 2. The van der Waals surface area contributed by atoms with E-state index in [0.717, 1.165) is 18.4 Å². The third-order valence-electron chi connectivity index (χ3n) is 3.56. The topological polar surface area (TPSA) is 12.0 Å². The van der Waals surface area contributed by atoms with Gasteiger partial charge in [0.15, 0.2) is 0 Å². The smallest absolute Gasteiger partial charge is 0.142 e. The Labute approximate surface area is 121 Å². The Bertz CT molecular complexity index is 368. The van der Waals surface area contributed by atoms with Gasteiger partial charge in [-0.2, -0.15) is 0 Å². The lowest BCUT2D eigenvalue weighted by atomic mass is 10.00. The first-order valence-corrected chi connectivity index (χ1v) is 7.67. The summed E-state index contributed by atoms with van der Waals surface area (Å²) < 4.78 is 13.4. The lowest BCUT2D eigenvalue weighted by Gasteiger charge is -2.17. The predicted octanol–water partition coefficient (Wildman–Crippen LogP) is 4.97. The first-order chi connectivity index (χ1) is 9.19. The van der Waals surface area contributed by atoms with Crippen LogP contribution in [-0.2, 0) is 6.42 Å². The summed E-state index contributed by atoms with van der Waals surface area (Å²) in [4.78, 5) is 0. The second kappa shape index (κ2) is 9.33. The van der Waals surface area contributed by atoms with Gasteiger partial charge in [0.2, 0.25) is 0 Å². The first kappa shape index (κ1) is 16.5. The zero-order valence-corrected chi connectivity index (χ0v) is 12.8. The Morgan fingerprint density at radius 3 is 2.63 bits per heavy atom. The van der Waals surface area contributed by atoms with Crippen LogP contribution in [0.4, 0.5) is 4.39 Å². The molecular weight excluding hydrogens is 261 g/mol. The van der Waals surface area contributed by atoms with Crippen LogP contribution in [0.15, 0.2) is 18.2 Å². The standard InChI is InChI=1S/C16H25ClFN/c1-3-4-5-6-7-10-14(19-2)12-13-9-8-11-15(18)16(13)17/h8-9,11,14,19H,3-7,10,12H2,1-2H3. The van der Waals surface area contributed by atoms with Crippen molar-refractivity contribution in [2.75, 3.05) is 7.05 Å². The highest BCUT2D eigenvalue weighted by Crippen LogP contribution is 2.22. The van der Waals surface area contributed by atoms with Crippen molar-refractivity contribution >= 4 is 11.6 Å². The van der Waals surface area contributed by atoms with E-state index in [1.54, 1.807) is 6.07 Å². The largest absolute Gasteiger partial charge is 0.317 e. The van der Waals surface area contributed by atoms with E-state index in [9.17, 15) is 4.39 Å². The van der Waals surface area contributed by atoms with Gasteiger partial charge in [-0.3, -0.25) is 0 Å². The average molecular weight is 286 g/mol. The molecule has 1 aromatic rings. The summed E-state index contributed by atoms with van der Waals surface area (Å²) in [6.45, 7) is 2.22. The van der Waals surface area contributed by atoms with Gasteiger partial charge < -0.3 is 5.32 Å². The minimum Gasteiger partial charge on any atom is -0.317 e. The van der Waals surface area contributed by atoms with Gasteiger partial charge in [0.05, 0.1) is 5.02 Å². The number of rotatable bonds is 9. The fraction of sp³-hybridized carbons (Fsp3) is 0.625. The fourth-order valence-corrected chi connectivity index (χ4v) is 2.52. The molecule has 19 heavy (non-hydrogen) atoms. The monoisotopic (exact) mass is 285 g/mol. The Hall–Kier alpha value is -0.600. The van der Waals surface area contributed by atoms with Crippen LogP contribution in [0.5, 0.6) is 0 Å². The Kier molecular flexibility index (Phi) is 8.08. The highest BCUT2D eigenvalue weighted by molar-refractivity contribution is 6.31. The number of unbranched alkanes of at least 4 members (excludes halogenated alkanes) is 4. The molecule has 1 N–H and O–H groups in total.